The van der Waals surface area contributed by atoms with Crippen molar-refractivity contribution in [1.82, 2.24) is 0 Å². The van der Waals surface area contributed by atoms with Crippen molar-refractivity contribution in [3.8, 4) is 0 Å². The van der Waals surface area contributed by atoms with E-state index < -0.39 is 0 Å². The van der Waals surface area contributed by atoms with Crippen LogP contribution in [-0.4, -0.2) is 19.0 Å². The van der Waals surface area contributed by atoms with Gasteiger partial charge < -0.3 is 15.8 Å². The fourth-order valence-corrected chi connectivity index (χ4v) is 2.10. The highest BCUT2D eigenvalue weighted by Gasteiger charge is 2.06. The van der Waals surface area contributed by atoms with E-state index in [1.165, 1.54) is 7.11 Å². The fraction of sp³-hybridized carbons (Fsp3) is 0.222. The topological polar surface area (TPSA) is 81.4 Å². The van der Waals surface area contributed by atoms with Crippen LogP contribution >= 0.6 is 0 Å². The lowest BCUT2D eigenvalue weighted by Crippen LogP contribution is -2.12. The maximum atomic E-state index is 12.1. The summed E-state index contributed by atoms with van der Waals surface area (Å²) in [6, 6.07) is 14.6. The molecule has 1 amide bonds. The van der Waals surface area contributed by atoms with Crippen LogP contribution < -0.4 is 11.1 Å². The predicted molar refractivity (Wildman–Crippen MR) is 89.1 cm³/mol. The van der Waals surface area contributed by atoms with Crippen molar-refractivity contribution in [2.45, 2.75) is 19.4 Å². The van der Waals surface area contributed by atoms with Gasteiger partial charge in [-0.05, 0) is 41.8 Å². The highest BCUT2D eigenvalue weighted by Crippen LogP contribution is 2.13. The molecule has 0 aliphatic heterocycles. The van der Waals surface area contributed by atoms with E-state index >= 15 is 0 Å². The third-order valence-electron chi connectivity index (χ3n) is 3.51. The Balaban J connectivity index is 1.94. The van der Waals surface area contributed by atoms with Crippen LogP contribution in [0.2, 0.25) is 0 Å². The van der Waals surface area contributed by atoms with Gasteiger partial charge in [-0.25, -0.2) is 0 Å². The Morgan fingerprint density at radius 1 is 1.00 bits per heavy atom. The standard InChI is InChI=1S/C18H20N2O3/c1-23-17(21)11-6-13-4-9-16(10-5-13)20-18(22)15-7-2-14(12-19)3-8-15/h2-5,7-10H,6,11-12,19H2,1H3,(H,20,22). The van der Waals surface area contributed by atoms with Crippen molar-refractivity contribution >= 4 is 17.6 Å². The summed E-state index contributed by atoms with van der Waals surface area (Å²) in [7, 11) is 1.38. The summed E-state index contributed by atoms with van der Waals surface area (Å²) in [6.07, 6.45) is 0.956. The van der Waals surface area contributed by atoms with Crippen LogP contribution in [0.4, 0.5) is 5.69 Å². The van der Waals surface area contributed by atoms with Crippen LogP contribution in [0.1, 0.15) is 27.9 Å². The molecule has 0 saturated carbocycles. The molecule has 2 aromatic rings. The highest BCUT2D eigenvalue weighted by atomic mass is 16.5. The maximum Gasteiger partial charge on any atom is 0.305 e. The number of benzene rings is 2. The van der Waals surface area contributed by atoms with E-state index in [0.717, 1.165) is 11.1 Å². The molecular weight excluding hydrogens is 292 g/mol. The van der Waals surface area contributed by atoms with E-state index in [-0.39, 0.29) is 11.9 Å². The Kier molecular flexibility index (Phi) is 5.88. The third-order valence-corrected chi connectivity index (χ3v) is 3.51. The Morgan fingerprint density at radius 3 is 2.17 bits per heavy atom. The normalized spacial score (nSPS) is 10.2. The first-order valence-electron chi connectivity index (χ1n) is 7.38. The Morgan fingerprint density at radius 2 is 1.61 bits per heavy atom. The first-order chi connectivity index (χ1) is 11.1. The molecule has 0 aliphatic carbocycles. The number of aryl methyl sites for hydroxylation is 1. The van der Waals surface area contributed by atoms with Gasteiger partial charge in [-0.15, -0.1) is 0 Å². The second-order valence-corrected chi connectivity index (χ2v) is 5.13. The molecular formula is C18H20N2O3. The summed E-state index contributed by atoms with van der Waals surface area (Å²) in [6.45, 7) is 0.453. The second-order valence-electron chi connectivity index (χ2n) is 5.13. The number of methoxy groups -OCH3 is 1. The van der Waals surface area contributed by atoms with E-state index in [4.69, 9.17) is 5.73 Å². The van der Waals surface area contributed by atoms with Crippen LogP contribution in [0, 0.1) is 0 Å². The molecule has 0 spiro atoms. The third kappa shape index (κ3) is 4.93. The van der Waals surface area contributed by atoms with Crippen molar-refractivity contribution in [3.63, 3.8) is 0 Å². The van der Waals surface area contributed by atoms with Crippen molar-refractivity contribution in [2.75, 3.05) is 12.4 Å². The number of carbonyl (C=O) groups excluding carboxylic acids is 2. The Hall–Kier alpha value is -2.66. The largest absolute Gasteiger partial charge is 0.469 e. The molecule has 0 saturated heterocycles. The van der Waals surface area contributed by atoms with Gasteiger partial charge in [0.05, 0.1) is 7.11 Å². The zero-order valence-electron chi connectivity index (χ0n) is 13.0. The molecule has 0 bridgehead atoms. The lowest BCUT2D eigenvalue weighted by atomic mass is 10.1. The molecule has 5 heteroatoms. The van der Waals surface area contributed by atoms with Gasteiger partial charge in [0.1, 0.15) is 0 Å². The SMILES string of the molecule is COC(=O)CCc1ccc(NC(=O)c2ccc(CN)cc2)cc1. The van der Waals surface area contributed by atoms with E-state index in [9.17, 15) is 9.59 Å². The van der Waals surface area contributed by atoms with Gasteiger partial charge in [0.15, 0.2) is 0 Å². The number of hydrogen-bond acceptors (Lipinski definition) is 4. The number of nitrogens with two attached hydrogens (primary N) is 1. The first kappa shape index (κ1) is 16.7. The Labute approximate surface area is 135 Å². The lowest BCUT2D eigenvalue weighted by Gasteiger charge is -2.07. The zero-order chi connectivity index (χ0) is 16.7. The minimum absolute atomic E-state index is 0.170. The van der Waals surface area contributed by atoms with E-state index in [2.05, 4.69) is 10.1 Å². The summed E-state index contributed by atoms with van der Waals surface area (Å²) in [4.78, 5) is 23.3. The number of ether oxygens (including phenoxy) is 1. The van der Waals surface area contributed by atoms with Gasteiger partial charge in [0, 0.05) is 24.2 Å². The molecule has 0 atom stereocenters. The average Bonchev–Trinajstić information content (AvgIpc) is 2.60. The summed E-state index contributed by atoms with van der Waals surface area (Å²) in [5, 5.41) is 2.84. The zero-order valence-corrected chi connectivity index (χ0v) is 13.0. The maximum absolute atomic E-state index is 12.1. The molecule has 0 aromatic heterocycles. The van der Waals surface area contributed by atoms with Gasteiger partial charge >= 0.3 is 5.97 Å². The van der Waals surface area contributed by atoms with E-state index in [1.807, 2.05) is 36.4 Å². The summed E-state index contributed by atoms with van der Waals surface area (Å²) in [5.74, 6) is -0.404. The number of carbonyl (C=O) groups is 2. The van der Waals surface area contributed by atoms with Crippen molar-refractivity contribution in [3.05, 3.63) is 65.2 Å². The highest BCUT2D eigenvalue weighted by molar-refractivity contribution is 6.04. The molecule has 23 heavy (non-hydrogen) atoms. The smallest absolute Gasteiger partial charge is 0.305 e. The number of esters is 1. The average molecular weight is 312 g/mol. The number of hydrogen-bond donors (Lipinski definition) is 2. The number of amides is 1. The van der Waals surface area contributed by atoms with Crippen LogP contribution in [0.5, 0.6) is 0 Å². The van der Waals surface area contributed by atoms with Crippen LogP contribution in [0.15, 0.2) is 48.5 Å². The van der Waals surface area contributed by atoms with Gasteiger partial charge in [-0.2, -0.15) is 0 Å². The van der Waals surface area contributed by atoms with Crippen LogP contribution in [0.25, 0.3) is 0 Å². The Bertz CT molecular complexity index is 664. The van der Waals surface area contributed by atoms with E-state index in [1.54, 1.807) is 12.1 Å². The number of anilines is 1. The molecule has 2 rings (SSSR count). The lowest BCUT2D eigenvalue weighted by molar-refractivity contribution is -0.140. The molecule has 0 heterocycles. The molecule has 0 radical (unpaired) electrons. The van der Waals surface area contributed by atoms with Crippen LogP contribution in [-0.2, 0) is 22.5 Å². The summed E-state index contributed by atoms with van der Waals surface area (Å²) in [5.41, 5.74) is 8.82. The molecule has 120 valence electrons. The minimum Gasteiger partial charge on any atom is -0.469 e. The molecule has 3 N–H and O–H groups in total. The number of rotatable bonds is 6. The number of nitrogens with one attached hydrogen (secondary N) is 1. The van der Waals surface area contributed by atoms with Gasteiger partial charge in [0.25, 0.3) is 5.91 Å². The molecule has 0 fully saturated rings. The molecule has 0 aliphatic rings. The quantitative estimate of drug-likeness (QED) is 0.803. The molecule has 5 nitrogen and oxygen atoms in total. The monoisotopic (exact) mass is 312 g/mol. The van der Waals surface area contributed by atoms with Crippen LogP contribution in [0.3, 0.4) is 0 Å². The van der Waals surface area contributed by atoms with Crippen molar-refractivity contribution in [2.24, 2.45) is 5.73 Å². The second kappa shape index (κ2) is 8.10. The van der Waals surface area contributed by atoms with Gasteiger partial charge in [0.2, 0.25) is 0 Å². The van der Waals surface area contributed by atoms with Gasteiger partial charge in [-0.1, -0.05) is 24.3 Å². The minimum atomic E-state index is -0.233. The molecule has 2 aromatic carbocycles. The predicted octanol–water partition coefficient (Wildman–Crippen LogP) is 2.50. The molecule has 0 unspecified atom stereocenters. The van der Waals surface area contributed by atoms with Crippen molar-refractivity contribution in [1.29, 1.82) is 0 Å². The summed E-state index contributed by atoms with van der Waals surface area (Å²) >= 11 is 0. The fourth-order valence-electron chi connectivity index (χ4n) is 2.10. The first-order valence-corrected chi connectivity index (χ1v) is 7.38. The van der Waals surface area contributed by atoms with Crippen molar-refractivity contribution < 1.29 is 14.3 Å². The summed E-state index contributed by atoms with van der Waals surface area (Å²) < 4.78 is 4.61. The van der Waals surface area contributed by atoms with E-state index in [0.29, 0.717) is 30.6 Å². The van der Waals surface area contributed by atoms with Gasteiger partial charge in [-0.3, -0.25) is 9.59 Å².